The molecule has 0 bridgehead atoms. The fourth-order valence-electron chi connectivity index (χ4n) is 1.88. The molecule has 0 fully saturated rings. The predicted molar refractivity (Wildman–Crippen MR) is 83.2 cm³/mol. The van der Waals surface area contributed by atoms with E-state index >= 15 is 0 Å². The molecule has 0 aliphatic rings. The van der Waals surface area contributed by atoms with Crippen LogP contribution in [0.15, 0.2) is 41.0 Å². The van der Waals surface area contributed by atoms with Crippen LogP contribution in [0.2, 0.25) is 0 Å². The van der Waals surface area contributed by atoms with Crippen molar-refractivity contribution in [2.75, 3.05) is 0 Å². The first kappa shape index (κ1) is 15.0. The highest BCUT2D eigenvalue weighted by molar-refractivity contribution is 9.10. The summed E-state index contributed by atoms with van der Waals surface area (Å²) in [7, 11) is 0. The van der Waals surface area contributed by atoms with Gasteiger partial charge in [0.25, 0.3) is 0 Å². The molecule has 1 N–H and O–H groups in total. The van der Waals surface area contributed by atoms with E-state index in [2.05, 4.69) is 40.8 Å². The summed E-state index contributed by atoms with van der Waals surface area (Å²) in [6, 6.07) is 9.54. The van der Waals surface area contributed by atoms with Gasteiger partial charge in [-0.3, -0.25) is 0 Å². The van der Waals surface area contributed by atoms with Gasteiger partial charge in [0.2, 0.25) is 5.88 Å². The molecule has 0 saturated heterocycles. The van der Waals surface area contributed by atoms with E-state index in [1.54, 1.807) is 19.2 Å². The zero-order valence-corrected chi connectivity index (χ0v) is 13.4. The van der Waals surface area contributed by atoms with Gasteiger partial charge in [0.05, 0.1) is 6.10 Å². The summed E-state index contributed by atoms with van der Waals surface area (Å²) in [5.41, 5.74) is 1.90. The number of halogens is 1. The highest BCUT2D eigenvalue weighted by atomic mass is 79.9. The summed E-state index contributed by atoms with van der Waals surface area (Å²) in [4.78, 5) is 4.22. The molecule has 4 heteroatoms. The number of ether oxygens (including phenoxy) is 1. The van der Waals surface area contributed by atoms with Crippen molar-refractivity contribution in [3.8, 4) is 11.6 Å². The highest BCUT2D eigenvalue weighted by Crippen LogP contribution is 2.32. The van der Waals surface area contributed by atoms with Crippen LogP contribution >= 0.6 is 15.9 Å². The molecule has 0 radical (unpaired) electrons. The van der Waals surface area contributed by atoms with Crippen LogP contribution in [0.4, 0.5) is 0 Å². The Bertz CT molecular complexity index is 580. The second kappa shape index (κ2) is 6.37. The van der Waals surface area contributed by atoms with Gasteiger partial charge in [-0.15, -0.1) is 0 Å². The molecule has 0 saturated carbocycles. The maximum absolute atomic E-state index is 9.47. The quantitative estimate of drug-likeness (QED) is 0.871. The van der Waals surface area contributed by atoms with Crippen molar-refractivity contribution in [1.82, 2.24) is 4.98 Å². The Morgan fingerprint density at radius 2 is 1.90 bits per heavy atom. The zero-order chi connectivity index (χ0) is 14.7. The number of benzene rings is 1. The molecule has 0 aliphatic heterocycles. The van der Waals surface area contributed by atoms with Gasteiger partial charge in [-0.2, -0.15) is 0 Å². The molecule has 0 aliphatic carbocycles. The Labute approximate surface area is 127 Å². The van der Waals surface area contributed by atoms with E-state index in [0.717, 1.165) is 21.3 Å². The number of pyridine rings is 1. The second-order valence-corrected chi connectivity index (χ2v) is 5.96. The lowest BCUT2D eigenvalue weighted by Crippen LogP contribution is -1.97. The molecule has 106 valence electrons. The van der Waals surface area contributed by atoms with E-state index < -0.39 is 6.10 Å². The Balaban J connectivity index is 2.25. The third-order valence-electron chi connectivity index (χ3n) is 3.05. The number of hydrogen-bond acceptors (Lipinski definition) is 3. The summed E-state index contributed by atoms with van der Waals surface area (Å²) in [6.45, 7) is 5.96. The summed E-state index contributed by atoms with van der Waals surface area (Å²) in [6.07, 6.45) is 1.11. The maximum atomic E-state index is 9.47. The minimum atomic E-state index is -0.518. The van der Waals surface area contributed by atoms with Crippen LogP contribution < -0.4 is 4.74 Å². The van der Waals surface area contributed by atoms with Crippen LogP contribution in [0.5, 0.6) is 11.6 Å². The molecule has 1 atom stereocenters. The third kappa shape index (κ3) is 3.58. The fraction of sp³-hybridized carbons (Fsp3) is 0.312. The van der Waals surface area contributed by atoms with E-state index in [4.69, 9.17) is 4.74 Å². The van der Waals surface area contributed by atoms with E-state index in [0.29, 0.717) is 11.8 Å². The smallest absolute Gasteiger partial charge is 0.219 e. The fourth-order valence-corrected chi connectivity index (χ4v) is 2.25. The van der Waals surface area contributed by atoms with Gasteiger partial charge in [-0.05, 0) is 48.2 Å². The number of nitrogens with zero attached hydrogens (tertiary/aromatic N) is 1. The van der Waals surface area contributed by atoms with Gasteiger partial charge in [0.1, 0.15) is 5.75 Å². The standard InChI is InChI=1S/C16H18BrNO2/c1-10(2)14-8-13(17)5-6-15(14)20-16-7-4-12(9-18-16)11(3)19/h4-11,19H,1-3H3/t11-/m0/s1. The van der Waals surface area contributed by atoms with Crippen molar-refractivity contribution >= 4 is 15.9 Å². The van der Waals surface area contributed by atoms with E-state index in [9.17, 15) is 5.11 Å². The predicted octanol–water partition coefficient (Wildman–Crippen LogP) is 4.81. The molecular formula is C16H18BrNO2. The molecule has 0 amide bonds. The number of aliphatic hydroxyl groups is 1. The molecule has 20 heavy (non-hydrogen) atoms. The topological polar surface area (TPSA) is 42.4 Å². The van der Waals surface area contributed by atoms with E-state index in [-0.39, 0.29) is 0 Å². The van der Waals surface area contributed by atoms with Crippen molar-refractivity contribution in [2.45, 2.75) is 32.8 Å². The molecule has 0 spiro atoms. The lowest BCUT2D eigenvalue weighted by molar-refractivity contribution is 0.198. The maximum Gasteiger partial charge on any atom is 0.219 e. The van der Waals surface area contributed by atoms with Crippen molar-refractivity contribution in [3.63, 3.8) is 0 Å². The lowest BCUT2D eigenvalue weighted by atomic mass is 10.0. The summed E-state index contributed by atoms with van der Waals surface area (Å²) in [5.74, 6) is 1.69. The van der Waals surface area contributed by atoms with Crippen molar-refractivity contribution in [1.29, 1.82) is 0 Å². The van der Waals surface area contributed by atoms with E-state index in [1.165, 1.54) is 0 Å². The Morgan fingerprint density at radius 1 is 1.15 bits per heavy atom. The summed E-state index contributed by atoms with van der Waals surface area (Å²) in [5, 5.41) is 9.47. The first-order valence-electron chi connectivity index (χ1n) is 6.58. The van der Waals surface area contributed by atoms with Crippen LogP contribution in [-0.2, 0) is 0 Å². The normalized spacial score (nSPS) is 12.5. The molecule has 2 aromatic rings. The van der Waals surface area contributed by atoms with Crippen LogP contribution in [0.1, 0.15) is 43.9 Å². The summed E-state index contributed by atoms with van der Waals surface area (Å²) < 4.78 is 6.88. The Kier molecular flexibility index (Phi) is 4.78. The average Bonchev–Trinajstić information content (AvgIpc) is 2.41. The Morgan fingerprint density at radius 3 is 2.45 bits per heavy atom. The molecule has 1 heterocycles. The minimum Gasteiger partial charge on any atom is -0.439 e. The van der Waals surface area contributed by atoms with Crippen LogP contribution in [0.25, 0.3) is 0 Å². The molecule has 1 aromatic carbocycles. The largest absolute Gasteiger partial charge is 0.439 e. The molecule has 1 aromatic heterocycles. The van der Waals surface area contributed by atoms with Gasteiger partial charge in [-0.25, -0.2) is 4.98 Å². The third-order valence-corrected chi connectivity index (χ3v) is 3.54. The molecule has 0 unspecified atom stereocenters. The molecule has 3 nitrogen and oxygen atoms in total. The first-order chi connectivity index (χ1) is 9.47. The monoisotopic (exact) mass is 335 g/mol. The van der Waals surface area contributed by atoms with Gasteiger partial charge in [0, 0.05) is 16.7 Å². The molecular weight excluding hydrogens is 318 g/mol. The van der Waals surface area contributed by atoms with Gasteiger partial charge < -0.3 is 9.84 Å². The Hall–Kier alpha value is -1.39. The highest BCUT2D eigenvalue weighted by Gasteiger charge is 2.10. The average molecular weight is 336 g/mol. The van der Waals surface area contributed by atoms with Gasteiger partial charge in [0.15, 0.2) is 0 Å². The first-order valence-corrected chi connectivity index (χ1v) is 7.38. The van der Waals surface area contributed by atoms with E-state index in [1.807, 2.05) is 18.2 Å². The van der Waals surface area contributed by atoms with Crippen LogP contribution in [0.3, 0.4) is 0 Å². The summed E-state index contributed by atoms with van der Waals surface area (Å²) >= 11 is 3.48. The van der Waals surface area contributed by atoms with Crippen LogP contribution in [0, 0.1) is 0 Å². The van der Waals surface area contributed by atoms with Crippen molar-refractivity contribution in [2.24, 2.45) is 0 Å². The zero-order valence-electron chi connectivity index (χ0n) is 11.8. The number of rotatable bonds is 4. The number of hydrogen-bond donors (Lipinski definition) is 1. The number of aliphatic hydroxyl groups excluding tert-OH is 1. The van der Waals surface area contributed by atoms with Gasteiger partial charge >= 0.3 is 0 Å². The SMILES string of the molecule is CC(C)c1cc(Br)ccc1Oc1ccc([C@H](C)O)cn1. The molecule has 2 rings (SSSR count). The number of aromatic nitrogens is 1. The minimum absolute atomic E-state index is 0.360. The lowest BCUT2D eigenvalue weighted by Gasteiger charge is -2.14. The van der Waals surface area contributed by atoms with Crippen molar-refractivity contribution < 1.29 is 9.84 Å². The van der Waals surface area contributed by atoms with Gasteiger partial charge in [-0.1, -0.05) is 29.8 Å². The van der Waals surface area contributed by atoms with Crippen molar-refractivity contribution in [3.05, 3.63) is 52.1 Å². The van der Waals surface area contributed by atoms with Crippen LogP contribution in [-0.4, -0.2) is 10.1 Å². The second-order valence-electron chi connectivity index (χ2n) is 5.04.